The zero-order valence-corrected chi connectivity index (χ0v) is 18.4. The van der Waals surface area contributed by atoms with Gasteiger partial charge in [0.15, 0.2) is 0 Å². The standard InChI is InChI=1S/C27H27FN4O/c28-23-8-6-21(7-9-23)26-27(22-12-14-29-15-13-22)32-24(10-11-25(32)30-26)19-31(16-17-33)18-20-4-2-1-3-5-20/h1-9,12-15,24,33H,10-11,16-19H2. The summed E-state index contributed by atoms with van der Waals surface area (Å²) in [4.78, 5) is 11.5. The van der Waals surface area contributed by atoms with Crippen LogP contribution in [0.4, 0.5) is 4.39 Å². The summed E-state index contributed by atoms with van der Waals surface area (Å²) in [5.41, 5.74) is 5.10. The van der Waals surface area contributed by atoms with Crippen molar-refractivity contribution in [3.05, 3.63) is 96.3 Å². The monoisotopic (exact) mass is 442 g/mol. The smallest absolute Gasteiger partial charge is 0.123 e. The third-order valence-corrected chi connectivity index (χ3v) is 6.26. The summed E-state index contributed by atoms with van der Waals surface area (Å²) in [6, 6.07) is 21.2. The first-order valence-electron chi connectivity index (χ1n) is 11.4. The van der Waals surface area contributed by atoms with E-state index in [0.717, 1.165) is 54.3 Å². The Balaban J connectivity index is 1.52. The van der Waals surface area contributed by atoms with Gasteiger partial charge in [-0.2, -0.15) is 0 Å². The van der Waals surface area contributed by atoms with Gasteiger partial charge in [0.2, 0.25) is 0 Å². The van der Waals surface area contributed by atoms with Crippen LogP contribution in [0.15, 0.2) is 79.1 Å². The molecule has 2 aromatic heterocycles. The van der Waals surface area contributed by atoms with Crippen molar-refractivity contribution in [2.75, 3.05) is 19.7 Å². The van der Waals surface area contributed by atoms with Gasteiger partial charge in [-0.25, -0.2) is 9.37 Å². The van der Waals surface area contributed by atoms with Crippen LogP contribution in [0.3, 0.4) is 0 Å². The maximum Gasteiger partial charge on any atom is 0.123 e. The number of hydrogen-bond donors (Lipinski definition) is 1. The second kappa shape index (κ2) is 9.65. The minimum absolute atomic E-state index is 0.119. The maximum absolute atomic E-state index is 13.6. The van der Waals surface area contributed by atoms with Crippen molar-refractivity contribution in [3.63, 3.8) is 0 Å². The molecule has 1 N–H and O–H groups in total. The van der Waals surface area contributed by atoms with Crippen molar-refractivity contribution >= 4 is 0 Å². The van der Waals surface area contributed by atoms with E-state index in [2.05, 4.69) is 26.6 Å². The van der Waals surface area contributed by atoms with E-state index in [1.807, 2.05) is 30.3 Å². The number of imidazole rings is 1. The number of pyridine rings is 1. The Hall–Kier alpha value is -3.35. The zero-order chi connectivity index (χ0) is 22.6. The average molecular weight is 443 g/mol. The number of halogens is 1. The maximum atomic E-state index is 13.6. The molecule has 5 rings (SSSR count). The van der Waals surface area contributed by atoms with Crippen LogP contribution in [0, 0.1) is 5.82 Å². The fourth-order valence-corrected chi connectivity index (χ4v) is 4.76. The summed E-state index contributed by atoms with van der Waals surface area (Å²) in [6.07, 6.45) is 5.48. The highest BCUT2D eigenvalue weighted by molar-refractivity contribution is 5.79. The lowest BCUT2D eigenvalue weighted by molar-refractivity contribution is 0.171. The number of aliphatic hydroxyl groups is 1. The molecule has 0 saturated heterocycles. The summed E-state index contributed by atoms with van der Waals surface area (Å²) in [5.74, 6) is 0.796. The highest BCUT2D eigenvalue weighted by Crippen LogP contribution is 2.40. The van der Waals surface area contributed by atoms with Crippen LogP contribution in [0.5, 0.6) is 0 Å². The molecule has 2 aromatic carbocycles. The topological polar surface area (TPSA) is 54.2 Å². The van der Waals surface area contributed by atoms with Crippen LogP contribution in [0.25, 0.3) is 22.5 Å². The Kier molecular flexibility index (Phi) is 6.28. The van der Waals surface area contributed by atoms with Gasteiger partial charge in [-0.15, -0.1) is 0 Å². The molecule has 0 spiro atoms. The molecule has 5 nitrogen and oxygen atoms in total. The molecule has 1 unspecified atom stereocenters. The second-order valence-corrected chi connectivity index (χ2v) is 8.47. The fraction of sp³-hybridized carbons (Fsp3) is 0.259. The van der Waals surface area contributed by atoms with Crippen molar-refractivity contribution in [2.45, 2.75) is 25.4 Å². The molecule has 0 radical (unpaired) electrons. The summed E-state index contributed by atoms with van der Waals surface area (Å²) in [6.45, 7) is 2.34. The molecule has 33 heavy (non-hydrogen) atoms. The van der Waals surface area contributed by atoms with E-state index >= 15 is 0 Å². The number of aliphatic hydroxyl groups excluding tert-OH is 1. The summed E-state index contributed by atoms with van der Waals surface area (Å²) in [7, 11) is 0. The molecule has 6 heteroatoms. The molecule has 168 valence electrons. The van der Waals surface area contributed by atoms with Gasteiger partial charge in [0.05, 0.1) is 18.0 Å². The van der Waals surface area contributed by atoms with Crippen molar-refractivity contribution in [3.8, 4) is 22.5 Å². The van der Waals surface area contributed by atoms with Crippen molar-refractivity contribution in [1.82, 2.24) is 19.4 Å². The van der Waals surface area contributed by atoms with Gasteiger partial charge in [-0.05, 0) is 48.4 Å². The minimum Gasteiger partial charge on any atom is -0.395 e. The van der Waals surface area contributed by atoms with Gasteiger partial charge < -0.3 is 9.67 Å². The van der Waals surface area contributed by atoms with E-state index in [1.165, 1.54) is 17.7 Å². The van der Waals surface area contributed by atoms with E-state index in [-0.39, 0.29) is 18.5 Å². The first-order chi connectivity index (χ1) is 16.2. The van der Waals surface area contributed by atoms with Crippen molar-refractivity contribution < 1.29 is 9.50 Å². The van der Waals surface area contributed by atoms with Crippen LogP contribution < -0.4 is 0 Å². The predicted molar refractivity (Wildman–Crippen MR) is 127 cm³/mol. The third kappa shape index (κ3) is 4.58. The molecule has 4 aromatic rings. The van der Waals surface area contributed by atoms with Gasteiger partial charge in [-0.3, -0.25) is 9.88 Å². The van der Waals surface area contributed by atoms with Gasteiger partial charge >= 0.3 is 0 Å². The first-order valence-corrected chi connectivity index (χ1v) is 11.4. The average Bonchev–Trinajstić information content (AvgIpc) is 3.41. The molecule has 1 atom stereocenters. The molecule has 1 aliphatic rings. The highest BCUT2D eigenvalue weighted by Gasteiger charge is 2.31. The van der Waals surface area contributed by atoms with Crippen LogP contribution in [0.2, 0.25) is 0 Å². The molecular formula is C27H27FN4O. The molecular weight excluding hydrogens is 415 g/mol. The van der Waals surface area contributed by atoms with Gasteiger partial charge in [0.1, 0.15) is 11.6 Å². The molecule has 3 heterocycles. The molecule has 0 bridgehead atoms. The summed E-state index contributed by atoms with van der Waals surface area (Å²) >= 11 is 0. The Morgan fingerprint density at radius 2 is 1.73 bits per heavy atom. The quantitative estimate of drug-likeness (QED) is 0.429. The molecule has 0 aliphatic carbocycles. The number of benzene rings is 2. The summed E-state index contributed by atoms with van der Waals surface area (Å²) in [5, 5.41) is 9.69. The number of aryl methyl sites for hydroxylation is 1. The van der Waals surface area contributed by atoms with Crippen LogP contribution in [-0.4, -0.2) is 44.2 Å². The van der Waals surface area contributed by atoms with Crippen LogP contribution in [-0.2, 0) is 13.0 Å². The van der Waals surface area contributed by atoms with Crippen LogP contribution >= 0.6 is 0 Å². The number of rotatable bonds is 8. The van der Waals surface area contributed by atoms with E-state index in [4.69, 9.17) is 4.98 Å². The van der Waals surface area contributed by atoms with E-state index in [0.29, 0.717) is 6.54 Å². The molecule has 0 amide bonds. The second-order valence-electron chi connectivity index (χ2n) is 8.47. The minimum atomic E-state index is -0.255. The third-order valence-electron chi connectivity index (χ3n) is 6.26. The molecule has 0 fully saturated rings. The Bertz CT molecular complexity index is 1190. The predicted octanol–water partition coefficient (Wildman–Crippen LogP) is 4.73. The lowest BCUT2D eigenvalue weighted by Gasteiger charge is -2.27. The normalized spacial score (nSPS) is 15.2. The first kappa shape index (κ1) is 21.5. The SMILES string of the molecule is OCCN(Cc1ccccc1)CC1CCc2nc(-c3ccc(F)cc3)c(-c3ccncc3)n21. The van der Waals surface area contributed by atoms with E-state index < -0.39 is 0 Å². The molecule has 1 aliphatic heterocycles. The Morgan fingerprint density at radius 1 is 0.970 bits per heavy atom. The molecule has 0 saturated carbocycles. The number of hydrogen-bond acceptors (Lipinski definition) is 4. The van der Waals surface area contributed by atoms with Gasteiger partial charge in [0, 0.05) is 55.6 Å². The van der Waals surface area contributed by atoms with Gasteiger partial charge in [-0.1, -0.05) is 30.3 Å². The number of nitrogens with zero attached hydrogens (tertiary/aromatic N) is 4. The Labute approximate surface area is 193 Å². The van der Waals surface area contributed by atoms with E-state index in [9.17, 15) is 9.50 Å². The largest absolute Gasteiger partial charge is 0.395 e. The number of fused-ring (bicyclic) bond motifs is 1. The van der Waals surface area contributed by atoms with Crippen molar-refractivity contribution in [2.24, 2.45) is 0 Å². The summed E-state index contributed by atoms with van der Waals surface area (Å²) < 4.78 is 15.9. The lowest BCUT2D eigenvalue weighted by Crippen LogP contribution is -2.32. The number of aromatic nitrogens is 3. The zero-order valence-electron chi connectivity index (χ0n) is 18.4. The fourth-order valence-electron chi connectivity index (χ4n) is 4.76. The Morgan fingerprint density at radius 3 is 2.45 bits per heavy atom. The van der Waals surface area contributed by atoms with Gasteiger partial charge in [0.25, 0.3) is 0 Å². The lowest BCUT2D eigenvalue weighted by atomic mass is 10.0. The van der Waals surface area contributed by atoms with Crippen LogP contribution in [0.1, 0.15) is 23.9 Å². The van der Waals surface area contributed by atoms with Crippen molar-refractivity contribution in [1.29, 1.82) is 0 Å². The highest BCUT2D eigenvalue weighted by atomic mass is 19.1. The van der Waals surface area contributed by atoms with E-state index in [1.54, 1.807) is 24.5 Å².